The minimum atomic E-state index is -0.950. The van der Waals surface area contributed by atoms with Crippen LogP contribution in [0.5, 0.6) is 0 Å². The van der Waals surface area contributed by atoms with E-state index in [0.717, 1.165) is 15.6 Å². The van der Waals surface area contributed by atoms with Crippen molar-refractivity contribution in [1.82, 2.24) is 20.5 Å². The number of carbonyl (C=O) groups is 1. The van der Waals surface area contributed by atoms with E-state index in [4.69, 9.17) is 0 Å². The molecule has 3 N–H and O–H groups in total. The van der Waals surface area contributed by atoms with Crippen LogP contribution in [0.25, 0.3) is 0 Å². The van der Waals surface area contributed by atoms with E-state index >= 15 is 0 Å². The van der Waals surface area contributed by atoms with Crippen LogP contribution >= 0.6 is 11.3 Å². The normalized spacial score (nSPS) is 14.2. The summed E-state index contributed by atoms with van der Waals surface area (Å²) in [4.78, 5) is 19.0. The third-order valence-corrected chi connectivity index (χ3v) is 3.63. The molecule has 0 fully saturated rings. The highest BCUT2D eigenvalue weighted by Gasteiger charge is 2.22. The van der Waals surface area contributed by atoms with Crippen molar-refractivity contribution in [3.8, 4) is 0 Å². The Morgan fingerprint density at radius 3 is 2.55 bits per heavy atom. The fraction of sp³-hybridized carbons (Fsp3) is 0.692. The number of urea groups is 1. The number of likely N-dealkylation sites (N-methyl/N-ethyl adjacent to an activating group) is 1. The molecule has 1 atom stereocenters. The first-order valence-corrected chi connectivity index (χ1v) is 7.33. The second-order valence-electron chi connectivity index (χ2n) is 5.51. The molecule has 0 spiro atoms. The van der Waals surface area contributed by atoms with Crippen molar-refractivity contribution in [1.29, 1.82) is 0 Å². The van der Waals surface area contributed by atoms with E-state index < -0.39 is 5.60 Å². The van der Waals surface area contributed by atoms with E-state index in [2.05, 4.69) is 15.6 Å². The Labute approximate surface area is 124 Å². The van der Waals surface area contributed by atoms with E-state index in [9.17, 15) is 9.90 Å². The van der Waals surface area contributed by atoms with Gasteiger partial charge in [0.2, 0.25) is 0 Å². The van der Waals surface area contributed by atoms with Gasteiger partial charge in [0.1, 0.15) is 0 Å². The number of aromatic nitrogens is 1. The van der Waals surface area contributed by atoms with E-state index in [1.54, 1.807) is 18.3 Å². The predicted molar refractivity (Wildman–Crippen MR) is 81.0 cm³/mol. The van der Waals surface area contributed by atoms with Gasteiger partial charge in [0.25, 0.3) is 0 Å². The van der Waals surface area contributed by atoms with Crippen molar-refractivity contribution in [3.63, 3.8) is 0 Å². The summed E-state index contributed by atoms with van der Waals surface area (Å²) in [5.41, 5.74) is -0.0590. The van der Waals surface area contributed by atoms with Crippen LogP contribution < -0.4 is 10.6 Å². The molecule has 1 aromatic heterocycles. The smallest absolute Gasteiger partial charge is 0.315 e. The molecule has 1 unspecified atom stereocenters. The first kappa shape index (κ1) is 16.9. The van der Waals surface area contributed by atoms with E-state index in [0.29, 0.717) is 13.1 Å². The Kier molecular flexibility index (Phi) is 5.91. The van der Waals surface area contributed by atoms with E-state index in [1.165, 1.54) is 0 Å². The molecule has 0 aliphatic heterocycles. The highest BCUT2D eigenvalue weighted by Crippen LogP contribution is 2.15. The van der Waals surface area contributed by atoms with Crippen LogP contribution in [-0.4, -0.2) is 53.8 Å². The number of aryl methyl sites for hydroxylation is 2. The molecule has 1 rings (SSSR count). The van der Waals surface area contributed by atoms with Crippen LogP contribution in [0, 0.1) is 13.8 Å². The molecule has 1 heterocycles. The van der Waals surface area contributed by atoms with Gasteiger partial charge in [0.15, 0.2) is 0 Å². The zero-order valence-corrected chi connectivity index (χ0v) is 13.6. The van der Waals surface area contributed by atoms with Crippen molar-refractivity contribution >= 4 is 17.4 Å². The molecular weight excluding hydrogens is 276 g/mol. The summed E-state index contributed by atoms with van der Waals surface area (Å²) >= 11 is 1.62. The second kappa shape index (κ2) is 7.01. The van der Waals surface area contributed by atoms with Gasteiger partial charge in [-0.05, 0) is 34.9 Å². The molecular formula is C13H24N4O2S. The summed E-state index contributed by atoms with van der Waals surface area (Å²) in [6, 6.07) is -0.297. The lowest BCUT2D eigenvalue weighted by Gasteiger charge is -2.27. The van der Waals surface area contributed by atoms with E-state index in [1.807, 2.05) is 32.8 Å². The number of thiazole rings is 1. The summed E-state index contributed by atoms with van der Waals surface area (Å²) < 4.78 is 0. The van der Waals surface area contributed by atoms with Crippen LogP contribution in [0.1, 0.15) is 22.5 Å². The standard InChI is InChI=1S/C13H24N4O2S/c1-9-11(16-10(2)20-9)6-14-12(18)15-7-13(3,19)8-17(4)5/h19H,6-8H2,1-5H3,(H2,14,15,18). The van der Waals surface area contributed by atoms with E-state index in [-0.39, 0.29) is 12.6 Å². The molecule has 6 nitrogen and oxygen atoms in total. The average molecular weight is 300 g/mol. The number of nitrogens with one attached hydrogen (secondary N) is 2. The molecule has 20 heavy (non-hydrogen) atoms. The van der Waals surface area contributed by atoms with Gasteiger partial charge in [0.05, 0.1) is 22.8 Å². The first-order chi connectivity index (χ1) is 9.19. The maximum atomic E-state index is 11.7. The van der Waals surface area contributed by atoms with Crippen molar-refractivity contribution in [2.24, 2.45) is 0 Å². The van der Waals surface area contributed by atoms with Crippen LogP contribution in [-0.2, 0) is 6.54 Å². The monoisotopic (exact) mass is 300 g/mol. The number of aliphatic hydroxyl groups is 1. The van der Waals surface area contributed by atoms with Crippen LogP contribution in [0.4, 0.5) is 4.79 Å². The fourth-order valence-electron chi connectivity index (χ4n) is 1.97. The average Bonchev–Trinajstić information content (AvgIpc) is 2.61. The Balaban J connectivity index is 2.35. The molecule has 7 heteroatoms. The quantitative estimate of drug-likeness (QED) is 0.728. The molecule has 114 valence electrons. The summed E-state index contributed by atoms with van der Waals surface area (Å²) in [6.45, 7) is 6.71. The summed E-state index contributed by atoms with van der Waals surface area (Å²) in [7, 11) is 3.75. The number of hydrogen-bond acceptors (Lipinski definition) is 5. The lowest BCUT2D eigenvalue weighted by Crippen LogP contribution is -2.49. The molecule has 0 bridgehead atoms. The summed E-state index contributed by atoms with van der Waals surface area (Å²) in [5, 5.41) is 16.5. The fourth-order valence-corrected chi connectivity index (χ4v) is 2.80. The van der Waals surface area contributed by atoms with Crippen LogP contribution in [0.2, 0.25) is 0 Å². The lowest BCUT2D eigenvalue weighted by molar-refractivity contribution is 0.0360. The Bertz CT molecular complexity index is 457. The highest BCUT2D eigenvalue weighted by molar-refractivity contribution is 7.11. The topological polar surface area (TPSA) is 77.5 Å². The maximum Gasteiger partial charge on any atom is 0.315 e. The number of hydrogen-bond donors (Lipinski definition) is 3. The third kappa shape index (κ3) is 5.85. The molecule has 0 saturated heterocycles. The van der Waals surface area contributed by atoms with Crippen LogP contribution in [0.15, 0.2) is 0 Å². The highest BCUT2D eigenvalue weighted by atomic mass is 32.1. The SMILES string of the molecule is Cc1nc(CNC(=O)NCC(C)(O)CN(C)C)c(C)s1. The second-order valence-corrected chi connectivity index (χ2v) is 6.91. The van der Waals surface area contributed by atoms with Gasteiger partial charge in [-0.1, -0.05) is 0 Å². The summed E-state index contributed by atoms with van der Waals surface area (Å²) in [5.74, 6) is 0. The van der Waals surface area contributed by atoms with Crippen molar-refractivity contribution in [2.45, 2.75) is 32.9 Å². The Morgan fingerprint density at radius 2 is 2.05 bits per heavy atom. The zero-order chi connectivity index (χ0) is 15.3. The lowest BCUT2D eigenvalue weighted by atomic mass is 10.1. The van der Waals surface area contributed by atoms with Crippen molar-refractivity contribution in [3.05, 3.63) is 15.6 Å². The molecule has 0 aromatic carbocycles. The largest absolute Gasteiger partial charge is 0.387 e. The zero-order valence-electron chi connectivity index (χ0n) is 12.8. The Morgan fingerprint density at radius 1 is 1.40 bits per heavy atom. The molecule has 0 aliphatic carbocycles. The minimum absolute atomic E-state index is 0.200. The van der Waals surface area contributed by atoms with Gasteiger partial charge >= 0.3 is 6.03 Å². The van der Waals surface area contributed by atoms with Gasteiger partial charge in [-0.3, -0.25) is 0 Å². The number of carbonyl (C=O) groups excluding carboxylic acids is 1. The van der Waals surface area contributed by atoms with Crippen molar-refractivity contribution in [2.75, 3.05) is 27.2 Å². The maximum absolute atomic E-state index is 11.7. The Hall–Kier alpha value is -1.18. The summed E-state index contributed by atoms with van der Waals surface area (Å²) in [6.07, 6.45) is 0. The molecule has 2 amide bonds. The van der Waals surface area contributed by atoms with Gasteiger partial charge < -0.3 is 20.6 Å². The molecule has 1 aromatic rings. The first-order valence-electron chi connectivity index (χ1n) is 6.51. The predicted octanol–water partition coefficient (Wildman–Crippen LogP) is 0.872. The minimum Gasteiger partial charge on any atom is -0.387 e. The number of nitrogens with zero attached hydrogens (tertiary/aromatic N) is 2. The third-order valence-electron chi connectivity index (χ3n) is 2.70. The van der Waals surface area contributed by atoms with Crippen LogP contribution in [0.3, 0.4) is 0 Å². The van der Waals surface area contributed by atoms with Gasteiger partial charge in [-0.25, -0.2) is 9.78 Å². The number of rotatable bonds is 6. The molecule has 0 radical (unpaired) electrons. The van der Waals surface area contributed by atoms with Crippen molar-refractivity contribution < 1.29 is 9.90 Å². The van der Waals surface area contributed by atoms with Gasteiger partial charge in [-0.2, -0.15) is 0 Å². The molecule has 0 aliphatic rings. The van der Waals surface area contributed by atoms with Gasteiger partial charge in [-0.15, -0.1) is 11.3 Å². The van der Waals surface area contributed by atoms with Gasteiger partial charge in [0, 0.05) is 18.0 Å². The molecule has 0 saturated carbocycles. The number of amides is 2.